The van der Waals surface area contributed by atoms with E-state index in [1.54, 1.807) is 6.07 Å². The van der Waals surface area contributed by atoms with E-state index in [1.807, 2.05) is 19.2 Å². The zero-order chi connectivity index (χ0) is 17.8. The summed E-state index contributed by atoms with van der Waals surface area (Å²) in [4.78, 5) is 2.40. The maximum absolute atomic E-state index is 14.2. The summed E-state index contributed by atoms with van der Waals surface area (Å²) in [6.45, 7) is 5.12. The van der Waals surface area contributed by atoms with Crippen LogP contribution in [0.1, 0.15) is 30.9 Å². The van der Waals surface area contributed by atoms with E-state index in [0.29, 0.717) is 0 Å². The zero-order valence-electron chi connectivity index (χ0n) is 14.8. The van der Waals surface area contributed by atoms with Crippen LogP contribution in [0.2, 0.25) is 0 Å². The van der Waals surface area contributed by atoms with Gasteiger partial charge < -0.3 is 10.2 Å². The number of piperidine rings is 1. The molecule has 0 spiro atoms. The fourth-order valence-electron chi connectivity index (χ4n) is 3.43. The average molecular weight is 337 g/mol. The van der Waals surface area contributed by atoms with E-state index in [9.17, 15) is 4.39 Å². The van der Waals surface area contributed by atoms with E-state index in [2.05, 4.69) is 35.3 Å². The minimum Gasteiger partial charge on any atom is -0.371 e. The molecule has 0 amide bonds. The molecule has 2 aromatic carbocycles. The van der Waals surface area contributed by atoms with E-state index in [4.69, 9.17) is 5.26 Å². The average Bonchev–Trinajstić information content (AvgIpc) is 2.63. The lowest BCUT2D eigenvalue weighted by Crippen LogP contribution is -2.33. The fourth-order valence-corrected chi connectivity index (χ4v) is 3.43. The Morgan fingerprint density at radius 3 is 2.60 bits per heavy atom. The number of anilines is 1. The Hall–Kier alpha value is -2.38. The van der Waals surface area contributed by atoms with Gasteiger partial charge in [-0.2, -0.15) is 5.26 Å². The van der Waals surface area contributed by atoms with E-state index in [1.165, 1.54) is 18.9 Å². The van der Waals surface area contributed by atoms with Gasteiger partial charge in [0.25, 0.3) is 0 Å². The summed E-state index contributed by atoms with van der Waals surface area (Å²) < 4.78 is 14.2. The van der Waals surface area contributed by atoms with Crippen LogP contribution < -0.4 is 10.2 Å². The highest BCUT2D eigenvalue weighted by atomic mass is 19.1. The molecule has 0 atom stereocenters. The number of halogens is 1. The first-order valence-electron chi connectivity index (χ1n) is 8.85. The first-order chi connectivity index (χ1) is 12.1. The highest BCUT2D eigenvalue weighted by molar-refractivity contribution is 5.79. The summed E-state index contributed by atoms with van der Waals surface area (Å²) in [5, 5.41) is 12.1. The van der Waals surface area contributed by atoms with Crippen molar-refractivity contribution < 1.29 is 4.39 Å². The maximum atomic E-state index is 14.2. The highest BCUT2D eigenvalue weighted by Crippen LogP contribution is 2.35. The molecule has 0 bridgehead atoms. The van der Waals surface area contributed by atoms with Gasteiger partial charge in [-0.05, 0) is 61.2 Å². The van der Waals surface area contributed by atoms with Crippen molar-refractivity contribution in [1.82, 2.24) is 5.32 Å². The van der Waals surface area contributed by atoms with Gasteiger partial charge >= 0.3 is 0 Å². The van der Waals surface area contributed by atoms with Crippen LogP contribution in [-0.4, -0.2) is 20.1 Å². The lowest BCUT2D eigenvalue weighted by molar-refractivity contribution is 0.438. The smallest absolute Gasteiger partial charge is 0.141 e. The molecule has 0 aliphatic carbocycles. The molecular formula is C21H24FN3. The molecule has 130 valence electrons. The third-order valence-corrected chi connectivity index (χ3v) is 4.97. The van der Waals surface area contributed by atoms with E-state index in [0.717, 1.165) is 47.9 Å². The molecule has 1 aliphatic rings. The van der Waals surface area contributed by atoms with Gasteiger partial charge in [-0.25, -0.2) is 4.39 Å². The third-order valence-electron chi connectivity index (χ3n) is 4.97. The van der Waals surface area contributed by atoms with Crippen molar-refractivity contribution in [1.29, 1.82) is 5.26 Å². The Morgan fingerprint density at radius 1 is 1.20 bits per heavy atom. The van der Waals surface area contributed by atoms with Gasteiger partial charge in [-0.1, -0.05) is 19.1 Å². The van der Waals surface area contributed by atoms with Crippen LogP contribution in [0.3, 0.4) is 0 Å². The first-order valence-corrected chi connectivity index (χ1v) is 8.85. The summed E-state index contributed by atoms with van der Waals surface area (Å²) in [6, 6.07) is 13.2. The number of rotatable bonds is 4. The molecule has 1 heterocycles. The fraction of sp³-hybridized carbons (Fsp3) is 0.381. The van der Waals surface area contributed by atoms with Crippen molar-refractivity contribution in [2.45, 2.75) is 26.3 Å². The largest absolute Gasteiger partial charge is 0.371 e. The normalized spacial score (nSPS) is 15.2. The van der Waals surface area contributed by atoms with Crippen LogP contribution in [0.4, 0.5) is 10.1 Å². The summed E-state index contributed by atoms with van der Waals surface area (Å²) >= 11 is 0. The maximum Gasteiger partial charge on any atom is 0.141 e. The van der Waals surface area contributed by atoms with Crippen molar-refractivity contribution in [3.63, 3.8) is 0 Å². The number of nitrogens with one attached hydrogen (secondary N) is 1. The number of nitriles is 1. The molecular weight excluding hydrogens is 313 g/mol. The molecule has 1 fully saturated rings. The Kier molecular flexibility index (Phi) is 5.35. The van der Waals surface area contributed by atoms with Crippen LogP contribution in [0.15, 0.2) is 36.4 Å². The Labute approximate surface area is 149 Å². The number of hydrogen-bond donors (Lipinski definition) is 1. The van der Waals surface area contributed by atoms with E-state index in [-0.39, 0.29) is 5.56 Å². The SMILES string of the molecule is CNCc1ccc(N2CCC(C)CC2)c(-c2ccc(C#N)c(F)c2)c1. The van der Waals surface area contributed by atoms with Crippen LogP contribution in [0.25, 0.3) is 11.1 Å². The zero-order valence-corrected chi connectivity index (χ0v) is 14.8. The van der Waals surface area contributed by atoms with E-state index >= 15 is 0 Å². The van der Waals surface area contributed by atoms with Crippen LogP contribution in [0, 0.1) is 23.1 Å². The Morgan fingerprint density at radius 2 is 1.96 bits per heavy atom. The van der Waals surface area contributed by atoms with E-state index < -0.39 is 5.82 Å². The molecule has 25 heavy (non-hydrogen) atoms. The Bertz CT molecular complexity index is 786. The van der Waals surface area contributed by atoms with Gasteiger partial charge in [0.05, 0.1) is 5.56 Å². The second-order valence-electron chi connectivity index (χ2n) is 6.86. The monoisotopic (exact) mass is 337 g/mol. The molecule has 0 radical (unpaired) electrons. The molecule has 0 aromatic heterocycles. The van der Waals surface area contributed by atoms with Gasteiger partial charge in [0.2, 0.25) is 0 Å². The van der Waals surface area contributed by atoms with Crippen molar-refractivity contribution in [2.75, 3.05) is 25.0 Å². The molecule has 0 unspecified atom stereocenters. The topological polar surface area (TPSA) is 39.1 Å². The van der Waals surface area contributed by atoms with Crippen LogP contribution >= 0.6 is 0 Å². The second-order valence-corrected chi connectivity index (χ2v) is 6.86. The van der Waals surface area contributed by atoms with Gasteiger partial charge in [0.15, 0.2) is 0 Å². The number of nitrogens with zero attached hydrogens (tertiary/aromatic N) is 2. The summed E-state index contributed by atoms with van der Waals surface area (Å²) in [7, 11) is 1.92. The van der Waals surface area contributed by atoms with Crippen molar-refractivity contribution >= 4 is 5.69 Å². The minimum absolute atomic E-state index is 0.0866. The van der Waals surface area contributed by atoms with Gasteiger partial charge in [0.1, 0.15) is 11.9 Å². The molecule has 4 heteroatoms. The minimum atomic E-state index is -0.461. The summed E-state index contributed by atoms with van der Waals surface area (Å²) in [6.07, 6.45) is 2.36. The third kappa shape index (κ3) is 3.83. The standard InChI is InChI=1S/C21H24FN3/c1-15-7-9-25(10-8-15)21-6-3-16(14-24-2)11-19(21)17-4-5-18(13-23)20(22)12-17/h3-6,11-12,15,24H,7-10,14H2,1-2H3. The van der Waals surface area contributed by atoms with Crippen LogP contribution in [0.5, 0.6) is 0 Å². The quantitative estimate of drug-likeness (QED) is 0.903. The van der Waals surface area contributed by atoms with Gasteiger partial charge in [-0.3, -0.25) is 0 Å². The van der Waals surface area contributed by atoms with Crippen molar-refractivity contribution in [2.24, 2.45) is 5.92 Å². The molecule has 1 saturated heterocycles. The van der Waals surface area contributed by atoms with Crippen molar-refractivity contribution in [3.05, 3.63) is 53.3 Å². The molecule has 3 rings (SSSR count). The van der Waals surface area contributed by atoms with Crippen LogP contribution in [-0.2, 0) is 6.54 Å². The first kappa shape index (κ1) is 17.4. The molecule has 3 nitrogen and oxygen atoms in total. The molecule has 0 saturated carbocycles. The summed E-state index contributed by atoms with van der Waals surface area (Å²) in [5.74, 6) is 0.299. The van der Waals surface area contributed by atoms with Gasteiger partial charge in [0, 0.05) is 30.9 Å². The predicted octanol–water partition coefficient (Wildman–Crippen LogP) is 4.32. The number of benzene rings is 2. The van der Waals surface area contributed by atoms with Gasteiger partial charge in [-0.15, -0.1) is 0 Å². The lowest BCUT2D eigenvalue weighted by Gasteiger charge is -2.34. The predicted molar refractivity (Wildman–Crippen MR) is 99.9 cm³/mol. The molecule has 2 aromatic rings. The Balaban J connectivity index is 2.04. The summed E-state index contributed by atoms with van der Waals surface area (Å²) in [5.41, 5.74) is 4.25. The molecule has 1 aliphatic heterocycles. The second kappa shape index (κ2) is 7.67. The highest BCUT2D eigenvalue weighted by Gasteiger charge is 2.19. The lowest BCUT2D eigenvalue weighted by atomic mass is 9.95. The number of hydrogen-bond acceptors (Lipinski definition) is 3. The van der Waals surface area contributed by atoms with Crippen molar-refractivity contribution in [3.8, 4) is 17.2 Å². The molecule has 1 N–H and O–H groups in total.